The minimum absolute atomic E-state index is 0.690. The van der Waals surface area contributed by atoms with Crippen LogP contribution in [0.5, 0.6) is 11.5 Å². The van der Waals surface area contributed by atoms with Gasteiger partial charge in [0.15, 0.2) is 0 Å². The molecule has 49 heavy (non-hydrogen) atoms. The Morgan fingerprint density at radius 3 is 1.33 bits per heavy atom. The van der Waals surface area contributed by atoms with Crippen LogP contribution in [0.25, 0.3) is 22.3 Å². The zero-order chi connectivity index (χ0) is 34.9. The Labute approximate surface area is 298 Å². The standard InChI is InChI=1S/C25H45NO.C20H19NO/c1-3-5-6-7-8-9-10-11-12-13-14-15-16-17-21-27-25-20-19-24(26)22-23(25)18-4-2;1-2-22-20-13-9-18(10-14-20)16-5-3-15(4-6-16)17-7-11-19(21)12-8-17/h19-20,22H,3-18,21,26H2,1-2H3;3-14H,2,21H2,1H3. The maximum atomic E-state index is 6.00. The van der Waals surface area contributed by atoms with Crippen LogP contribution in [0.4, 0.5) is 11.4 Å². The SMILES string of the molecule is CCCCCCCCCCCCCCCCOc1ccc(N)cc1CCC.CCOc1ccc(-c2ccc(-c3ccc(N)cc3)cc2)cc1. The molecular formula is C45H64N2O2. The summed E-state index contributed by atoms with van der Waals surface area (Å²) in [7, 11) is 0. The molecule has 0 saturated carbocycles. The van der Waals surface area contributed by atoms with Crippen LogP contribution in [0.1, 0.15) is 123 Å². The number of rotatable bonds is 22. The maximum absolute atomic E-state index is 6.00. The fraction of sp³-hybridized carbons (Fsp3) is 0.467. The lowest BCUT2D eigenvalue weighted by molar-refractivity contribution is 0.301. The van der Waals surface area contributed by atoms with Crippen LogP contribution in [0.3, 0.4) is 0 Å². The van der Waals surface area contributed by atoms with Crippen LogP contribution in [-0.4, -0.2) is 13.2 Å². The zero-order valence-electron chi connectivity index (χ0n) is 30.9. The fourth-order valence-electron chi connectivity index (χ4n) is 6.12. The van der Waals surface area contributed by atoms with E-state index in [9.17, 15) is 0 Å². The van der Waals surface area contributed by atoms with Crippen molar-refractivity contribution >= 4 is 11.4 Å². The third kappa shape index (κ3) is 15.9. The predicted octanol–water partition coefficient (Wildman–Crippen LogP) is 13.1. The van der Waals surface area contributed by atoms with Gasteiger partial charge in [0, 0.05) is 11.4 Å². The number of hydrogen-bond donors (Lipinski definition) is 2. The zero-order valence-corrected chi connectivity index (χ0v) is 30.9. The number of benzene rings is 4. The molecule has 0 atom stereocenters. The molecule has 4 aromatic rings. The number of nitrogen functional groups attached to an aromatic ring is 2. The molecule has 0 amide bonds. The molecule has 0 fully saturated rings. The maximum Gasteiger partial charge on any atom is 0.122 e. The van der Waals surface area contributed by atoms with E-state index < -0.39 is 0 Å². The van der Waals surface area contributed by atoms with Gasteiger partial charge in [0.05, 0.1) is 13.2 Å². The molecule has 0 radical (unpaired) electrons. The first-order valence-electron chi connectivity index (χ1n) is 19.2. The first-order valence-corrected chi connectivity index (χ1v) is 19.2. The minimum atomic E-state index is 0.690. The molecule has 4 heteroatoms. The van der Waals surface area contributed by atoms with Crippen LogP contribution in [0, 0.1) is 0 Å². The van der Waals surface area contributed by atoms with Gasteiger partial charge in [-0.2, -0.15) is 0 Å². The Hall–Kier alpha value is -3.92. The van der Waals surface area contributed by atoms with E-state index in [1.807, 2.05) is 55.5 Å². The van der Waals surface area contributed by atoms with E-state index in [4.69, 9.17) is 20.9 Å². The van der Waals surface area contributed by atoms with E-state index in [1.165, 1.54) is 111 Å². The molecule has 4 aromatic carbocycles. The number of aryl methyl sites for hydroxylation is 1. The van der Waals surface area contributed by atoms with Crippen molar-refractivity contribution in [2.75, 3.05) is 24.7 Å². The van der Waals surface area contributed by atoms with Crippen LogP contribution >= 0.6 is 0 Å². The lowest BCUT2D eigenvalue weighted by Crippen LogP contribution is -2.01. The quantitative estimate of drug-likeness (QED) is 0.0648. The third-order valence-electron chi connectivity index (χ3n) is 8.99. The molecule has 4 N–H and O–H groups in total. The van der Waals surface area contributed by atoms with Crippen molar-refractivity contribution in [2.45, 2.75) is 124 Å². The second-order valence-electron chi connectivity index (χ2n) is 13.2. The van der Waals surface area contributed by atoms with Gasteiger partial charge in [-0.15, -0.1) is 0 Å². The van der Waals surface area contributed by atoms with Gasteiger partial charge in [0.2, 0.25) is 0 Å². The summed E-state index contributed by atoms with van der Waals surface area (Å²) in [4.78, 5) is 0. The van der Waals surface area contributed by atoms with Gasteiger partial charge >= 0.3 is 0 Å². The van der Waals surface area contributed by atoms with E-state index in [0.717, 1.165) is 48.7 Å². The normalized spacial score (nSPS) is 10.8. The highest BCUT2D eigenvalue weighted by Crippen LogP contribution is 2.27. The molecule has 4 rings (SSSR count). The molecule has 0 aromatic heterocycles. The number of hydrogen-bond acceptors (Lipinski definition) is 4. The Morgan fingerprint density at radius 1 is 0.429 bits per heavy atom. The summed E-state index contributed by atoms with van der Waals surface area (Å²) in [5.74, 6) is 1.94. The van der Waals surface area contributed by atoms with Crippen LogP contribution in [-0.2, 0) is 6.42 Å². The van der Waals surface area contributed by atoms with Crippen molar-refractivity contribution in [3.05, 3.63) is 96.6 Å². The number of anilines is 2. The van der Waals surface area contributed by atoms with Gasteiger partial charge in [0.25, 0.3) is 0 Å². The summed E-state index contributed by atoms with van der Waals surface area (Å²) < 4.78 is 11.5. The van der Waals surface area contributed by atoms with Gasteiger partial charge in [-0.1, -0.05) is 152 Å². The highest BCUT2D eigenvalue weighted by Gasteiger charge is 2.04. The summed E-state index contributed by atoms with van der Waals surface area (Å²) in [6, 6.07) is 30.7. The van der Waals surface area contributed by atoms with E-state index in [0.29, 0.717) is 6.61 Å². The van der Waals surface area contributed by atoms with Crippen molar-refractivity contribution < 1.29 is 9.47 Å². The Kier molecular flexibility index (Phi) is 19.6. The van der Waals surface area contributed by atoms with Crippen molar-refractivity contribution in [1.82, 2.24) is 0 Å². The fourth-order valence-corrected chi connectivity index (χ4v) is 6.12. The van der Waals surface area contributed by atoms with Gasteiger partial charge in [0.1, 0.15) is 11.5 Å². The molecular weight excluding hydrogens is 601 g/mol. The van der Waals surface area contributed by atoms with Gasteiger partial charge in [-0.25, -0.2) is 0 Å². The van der Waals surface area contributed by atoms with E-state index in [-0.39, 0.29) is 0 Å². The molecule has 4 nitrogen and oxygen atoms in total. The Morgan fingerprint density at radius 2 is 0.857 bits per heavy atom. The molecule has 0 aliphatic heterocycles. The topological polar surface area (TPSA) is 70.5 Å². The van der Waals surface area contributed by atoms with Crippen molar-refractivity contribution in [2.24, 2.45) is 0 Å². The van der Waals surface area contributed by atoms with E-state index in [2.05, 4.69) is 56.3 Å². The molecule has 0 aliphatic rings. The highest BCUT2D eigenvalue weighted by atomic mass is 16.5. The number of nitrogens with two attached hydrogens (primary N) is 2. The molecule has 0 aliphatic carbocycles. The lowest BCUT2D eigenvalue weighted by atomic mass is 10.0. The van der Waals surface area contributed by atoms with Gasteiger partial charge in [-0.05, 0) is 90.0 Å². The van der Waals surface area contributed by atoms with Crippen LogP contribution in [0.2, 0.25) is 0 Å². The van der Waals surface area contributed by atoms with E-state index in [1.54, 1.807) is 0 Å². The average molecular weight is 665 g/mol. The first kappa shape index (κ1) is 39.5. The molecule has 0 unspecified atom stereocenters. The summed E-state index contributed by atoms with van der Waals surface area (Å²) in [5, 5.41) is 0. The lowest BCUT2D eigenvalue weighted by Gasteiger charge is -2.12. The molecule has 0 saturated heterocycles. The largest absolute Gasteiger partial charge is 0.494 e. The molecule has 0 heterocycles. The number of ether oxygens (including phenoxy) is 2. The van der Waals surface area contributed by atoms with Gasteiger partial charge in [-0.3, -0.25) is 0 Å². The predicted molar refractivity (Wildman–Crippen MR) is 214 cm³/mol. The van der Waals surface area contributed by atoms with Crippen molar-refractivity contribution in [3.63, 3.8) is 0 Å². The van der Waals surface area contributed by atoms with Gasteiger partial charge < -0.3 is 20.9 Å². The summed E-state index contributed by atoms with van der Waals surface area (Å²) in [5.41, 5.74) is 19.2. The highest BCUT2D eigenvalue weighted by molar-refractivity contribution is 5.71. The monoisotopic (exact) mass is 664 g/mol. The van der Waals surface area contributed by atoms with Crippen molar-refractivity contribution in [1.29, 1.82) is 0 Å². The number of unbranched alkanes of at least 4 members (excludes halogenated alkanes) is 13. The van der Waals surface area contributed by atoms with Crippen molar-refractivity contribution in [3.8, 4) is 33.8 Å². The summed E-state index contributed by atoms with van der Waals surface area (Å²) >= 11 is 0. The van der Waals surface area contributed by atoms with E-state index >= 15 is 0 Å². The van der Waals surface area contributed by atoms with Crippen LogP contribution in [0.15, 0.2) is 91.0 Å². The minimum Gasteiger partial charge on any atom is -0.494 e. The summed E-state index contributed by atoms with van der Waals surface area (Å²) in [6.07, 6.45) is 21.6. The Bertz CT molecular complexity index is 1400. The first-order chi connectivity index (χ1) is 24.0. The smallest absolute Gasteiger partial charge is 0.122 e. The summed E-state index contributed by atoms with van der Waals surface area (Å²) in [6.45, 7) is 7.99. The molecule has 0 bridgehead atoms. The molecule has 0 spiro atoms. The Balaban J connectivity index is 0.000000270. The van der Waals surface area contributed by atoms with Crippen LogP contribution < -0.4 is 20.9 Å². The third-order valence-corrected chi connectivity index (χ3v) is 8.99. The average Bonchev–Trinajstić information content (AvgIpc) is 3.12. The molecule has 266 valence electrons. The second kappa shape index (κ2) is 24.3. The second-order valence-corrected chi connectivity index (χ2v) is 13.2.